The molecule has 0 radical (unpaired) electrons. The molecule has 0 saturated carbocycles. The molecule has 23 heavy (non-hydrogen) atoms. The summed E-state index contributed by atoms with van der Waals surface area (Å²) >= 11 is 0. The standard InChI is InChI=1S/C15H22N4O4/c1-17-13-12(14(20)18(2)15(17)21)11(5-6-16-13)19(7-9-22-3)8-10-23-4/h5-6H,7-10H2,1-4H3. The third kappa shape index (κ3) is 3.27. The van der Waals surface area contributed by atoms with E-state index in [1.807, 2.05) is 4.90 Å². The first-order chi connectivity index (χ1) is 11.0. The van der Waals surface area contributed by atoms with E-state index in [1.54, 1.807) is 33.5 Å². The van der Waals surface area contributed by atoms with Crippen LogP contribution in [-0.2, 0) is 23.6 Å². The van der Waals surface area contributed by atoms with Crippen molar-refractivity contribution in [2.75, 3.05) is 45.4 Å². The van der Waals surface area contributed by atoms with Crippen LogP contribution in [0.3, 0.4) is 0 Å². The zero-order valence-corrected chi connectivity index (χ0v) is 13.9. The van der Waals surface area contributed by atoms with E-state index in [-0.39, 0.29) is 5.56 Å². The second kappa shape index (κ2) is 7.38. The number of hydrogen-bond donors (Lipinski definition) is 0. The Kier molecular flexibility index (Phi) is 5.51. The van der Waals surface area contributed by atoms with E-state index in [0.717, 1.165) is 10.3 Å². The van der Waals surface area contributed by atoms with Crippen molar-refractivity contribution in [3.05, 3.63) is 33.1 Å². The van der Waals surface area contributed by atoms with Gasteiger partial charge >= 0.3 is 5.69 Å². The summed E-state index contributed by atoms with van der Waals surface area (Å²) in [4.78, 5) is 30.9. The van der Waals surface area contributed by atoms with E-state index in [9.17, 15) is 9.59 Å². The lowest BCUT2D eigenvalue weighted by Gasteiger charge is -2.25. The Morgan fingerprint density at radius 3 is 2.26 bits per heavy atom. The minimum Gasteiger partial charge on any atom is -0.383 e. The number of methoxy groups -OCH3 is 2. The highest BCUT2D eigenvalue weighted by Crippen LogP contribution is 2.21. The fourth-order valence-electron chi connectivity index (χ4n) is 2.49. The van der Waals surface area contributed by atoms with Gasteiger partial charge in [0.1, 0.15) is 5.39 Å². The predicted molar refractivity (Wildman–Crippen MR) is 88.2 cm³/mol. The first-order valence-electron chi connectivity index (χ1n) is 7.30. The third-order valence-corrected chi connectivity index (χ3v) is 3.79. The Bertz CT molecular complexity index is 788. The number of ether oxygens (including phenoxy) is 2. The summed E-state index contributed by atoms with van der Waals surface area (Å²) in [6, 6.07) is 1.78. The van der Waals surface area contributed by atoms with Gasteiger partial charge < -0.3 is 14.4 Å². The molecule has 2 rings (SSSR count). The lowest BCUT2D eigenvalue weighted by atomic mass is 10.2. The maximum atomic E-state index is 12.6. The van der Waals surface area contributed by atoms with Crippen molar-refractivity contribution in [1.82, 2.24) is 14.1 Å². The Labute approximate surface area is 133 Å². The molecule has 0 aromatic carbocycles. The molecule has 0 aliphatic heterocycles. The fourth-order valence-corrected chi connectivity index (χ4v) is 2.49. The summed E-state index contributed by atoms with van der Waals surface area (Å²) in [5.41, 5.74) is 0.342. The van der Waals surface area contributed by atoms with Crippen molar-refractivity contribution < 1.29 is 9.47 Å². The highest BCUT2D eigenvalue weighted by molar-refractivity contribution is 5.88. The smallest absolute Gasteiger partial charge is 0.332 e. The molecule has 0 bridgehead atoms. The quantitative estimate of drug-likeness (QED) is 0.698. The van der Waals surface area contributed by atoms with Gasteiger partial charge in [0.05, 0.1) is 18.9 Å². The molecule has 0 saturated heterocycles. The van der Waals surface area contributed by atoms with Crippen LogP contribution in [0, 0.1) is 0 Å². The van der Waals surface area contributed by atoms with Crippen LogP contribution in [0.4, 0.5) is 5.69 Å². The second-order valence-electron chi connectivity index (χ2n) is 5.21. The van der Waals surface area contributed by atoms with E-state index in [1.165, 1.54) is 11.6 Å². The molecule has 0 unspecified atom stereocenters. The highest BCUT2D eigenvalue weighted by Gasteiger charge is 2.17. The van der Waals surface area contributed by atoms with Crippen LogP contribution in [0.15, 0.2) is 21.9 Å². The average Bonchev–Trinajstić information content (AvgIpc) is 2.57. The first kappa shape index (κ1) is 17.2. The van der Waals surface area contributed by atoms with E-state index < -0.39 is 5.69 Å². The molecular weight excluding hydrogens is 300 g/mol. The van der Waals surface area contributed by atoms with Crippen LogP contribution < -0.4 is 16.1 Å². The summed E-state index contributed by atoms with van der Waals surface area (Å²) in [5.74, 6) is 0. The summed E-state index contributed by atoms with van der Waals surface area (Å²) in [6.07, 6.45) is 1.60. The Morgan fingerprint density at radius 1 is 1.09 bits per heavy atom. The summed E-state index contributed by atoms with van der Waals surface area (Å²) in [5, 5.41) is 0.421. The minimum atomic E-state index is -0.396. The zero-order valence-electron chi connectivity index (χ0n) is 13.9. The second-order valence-corrected chi connectivity index (χ2v) is 5.21. The van der Waals surface area contributed by atoms with Gasteiger partial charge in [0.2, 0.25) is 0 Å². The molecule has 2 aromatic rings. The van der Waals surface area contributed by atoms with Gasteiger partial charge in [-0.1, -0.05) is 0 Å². The largest absolute Gasteiger partial charge is 0.383 e. The lowest BCUT2D eigenvalue weighted by Crippen LogP contribution is -2.39. The van der Waals surface area contributed by atoms with Crippen LogP contribution in [0.25, 0.3) is 11.0 Å². The SMILES string of the molecule is COCCN(CCOC)c1ccnc2c1c(=O)n(C)c(=O)n2C. The lowest BCUT2D eigenvalue weighted by molar-refractivity contribution is 0.190. The van der Waals surface area contributed by atoms with E-state index in [2.05, 4.69) is 4.98 Å². The zero-order chi connectivity index (χ0) is 17.0. The minimum absolute atomic E-state index is 0.356. The van der Waals surface area contributed by atoms with Gasteiger partial charge in [0.15, 0.2) is 5.65 Å². The Balaban J connectivity index is 2.67. The molecule has 0 atom stereocenters. The van der Waals surface area contributed by atoms with E-state index in [0.29, 0.717) is 37.3 Å². The summed E-state index contributed by atoms with van der Waals surface area (Å²) in [7, 11) is 6.33. The molecule has 0 fully saturated rings. The summed E-state index contributed by atoms with van der Waals surface area (Å²) in [6.45, 7) is 2.23. The number of pyridine rings is 1. The summed E-state index contributed by atoms with van der Waals surface area (Å²) < 4.78 is 12.8. The molecular formula is C15H22N4O4. The topological polar surface area (TPSA) is 78.6 Å². The van der Waals surface area contributed by atoms with Crippen LogP contribution >= 0.6 is 0 Å². The van der Waals surface area contributed by atoms with Crippen molar-refractivity contribution in [2.45, 2.75) is 0 Å². The maximum absolute atomic E-state index is 12.6. The van der Waals surface area contributed by atoms with Gasteiger partial charge in [-0.2, -0.15) is 0 Å². The van der Waals surface area contributed by atoms with Gasteiger partial charge in [0, 0.05) is 47.6 Å². The van der Waals surface area contributed by atoms with Crippen LogP contribution in [0.1, 0.15) is 0 Å². The number of aryl methyl sites for hydroxylation is 1. The molecule has 8 nitrogen and oxygen atoms in total. The number of hydrogen-bond acceptors (Lipinski definition) is 6. The van der Waals surface area contributed by atoms with Gasteiger partial charge in [-0.05, 0) is 6.07 Å². The molecule has 126 valence electrons. The average molecular weight is 322 g/mol. The highest BCUT2D eigenvalue weighted by atomic mass is 16.5. The molecule has 0 aliphatic carbocycles. The molecule has 0 aliphatic rings. The van der Waals surface area contributed by atoms with E-state index in [4.69, 9.17) is 9.47 Å². The molecule has 0 N–H and O–H groups in total. The first-order valence-corrected chi connectivity index (χ1v) is 7.30. The van der Waals surface area contributed by atoms with Crippen molar-refractivity contribution in [3.8, 4) is 0 Å². The molecule has 0 spiro atoms. The fraction of sp³-hybridized carbons (Fsp3) is 0.533. The van der Waals surface area contributed by atoms with Crippen molar-refractivity contribution in [2.24, 2.45) is 14.1 Å². The third-order valence-electron chi connectivity index (χ3n) is 3.79. The van der Waals surface area contributed by atoms with Gasteiger partial charge in [-0.15, -0.1) is 0 Å². The van der Waals surface area contributed by atoms with Gasteiger partial charge in [0.25, 0.3) is 5.56 Å². The van der Waals surface area contributed by atoms with Gasteiger partial charge in [-0.3, -0.25) is 13.9 Å². The van der Waals surface area contributed by atoms with Gasteiger partial charge in [-0.25, -0.2) is 9.78 Å². The number of fused-ring (bicyclic) bond motifs is 1. The maximum Gasteiger partial charge on any atom is 0.332 e. The number of anilines is 1. The van der Waals surface area contributed by atoms with Crippen molar-refractivity contribution in [3.63, 3.8) is 0 Å². The number of nitrogens with zero attached hydrogens (tertiary/aromatic N) is 4. The van der Waals surface area contributed by atoms with Crippen molar-refractivity contribution >= 4 is 16.7 Å². The molecule has 2 heterocycles. The molecule has 2 aromatic heterocycles. The number of aromatic nitrogens is 3. The van der Waals surface area contributed by atoms with Crippen LogP contribution in [0.5, 0.6) is 0 Å². The van der Waals surface area contributed by atoms with E-state index >= 15 is 0 Å². The number of rotatable bonds is 7. The Morgan fingerprint density at radius 2 is 1.70 bits per heavy atom. The van der Waals surface area contributed by atoms with Crippen LogP contribution in [0.2, 0.25) is 0 Å². The molecule has 8 heteroatoms. The van der Waals surface area contributed by atoms with Crippen LogP contribution in [-0.4, -0.2) is 54.6 Å². The normalized spacial score (nSPS) is 11.1. The monoisotopic (exact) mass is 322 g/mol. The predicted octanol–water partition coefficient (Wildman–Crippen LogP) is -0.269. The molecule has 0 amide bonds. The van der Waals surface area contributed by atoms with Crippen molar-refractivity contribution in [1.29, 1.82) is 0 Å². The Hall–Kier alpha value is -2.19.